The number of hydrogen-bond acceptors (Lipinski definition) is 3. The molecule has 0 radical (unpaired) electrons. The van der Waals surface area contributed by atoms with Crippen molar-refractivity contribution in [3.63, 3.8) is 0 Å². The first kappa shape index (κ1) is 10.2. The third-order valence-corrected chi connectivity index (χ3v) is 4.20. The van der Waals surface area contributed by atoms with Gasteiger partial charge in [-0.25, -0.2) is 0 Å². The molecule has 2 aromatic rings. The highest BCUT2D eigenvalue weighted by Gasteiger charge is 2.16. The van der Waals surface area contributed by atoms with E-state index in [0.717, 1.165) is 5.02 Å². The average molecular weight is 244 g/mol. The van der Waals surface area contributed by atoms with E-state index < -0.39 is 0 Å². The number of thiophene rings is 2. The van der Waals surface area contributed by atoms with Gasteiger partial charge in [-0.05, 0) is 40.9 Å². The van der Waals surface area contributed by atoms with Crippen molar-refractivity contribution in [2.45, 2.75) is 6.04 Å². The molecule has 1 atom stereocenters. The first-order chi connectivity index (χ1) is 6.83. The molecule has 14 heavy (non-hydrogen) atoms. The lowest BCUT2D eigenvalue weighted by atomic mass is 10.1. The second-order valence-corrected chi connectivity index (χ2v) is 5.05. The van der Waals surface area contributed by atoms with Crippen molar-refractivity contribution in [3.05, 3.63) is 43.7 Å². The van der Waals surface area contributed by atoms with Gasteiger partial charge in [-0.3, -0.25) is 0 Å². The van der Waals surface area contributed by atoms with Gasteiger partial charge in [-0.15, -0.1) is 11.3 Å². The van der Waals surface area contributed by atoms with Crippen LogP contribution in [0.4, 0.5) is 0 Å². The molecule has 1 unspecified atom stereocenters. The van der Waals surface area contributed by atoms with Gasteiger partial charge < -0.3 is 5.32 Å². The lowest BCUT2D eigenvalue weighted by Gasteiger charge is -2.13. The molecule has 2 heterocycles. The van der Waals surface area contributed by atoms with Crippen LogP contribution in [0, 0.1) is 0 Å². The SMILES string of the molecule is CNC(c1ccsc1)c1sccc1Cl. The second-order valence-electron chi connectivity index (χ2n) is 2.91. The molecule has 0 aliphatic carbocycles. The van der Waals surface area contributed by atoms with Gasteiger partial charge in [0, 0.05) is 4.88 Å². The Morgan fingerprint density at radius 2 is 2.21 bits per heavy atom. The van der Waals surface area contributed by atoms with Gasteiger partial charge in [0.25, 0.3) is 0 Å². The zero-order valence-corrected chi connectivity index (χ0v) is 10.0. The van der Waals surface area contributed by atoms with Crippen molar-refractivity contribution in [1.82, 2.24) is 5.32 Å². The van der Waals surface area contributed by atoms with Gasteiger partial charge in [0.1, 0.15) is 0 Å². The first-order valence-corrected chi connectivity index (χ1v) is 6.45. The maximum absolute atomic E-state index is 6.10. The lowest BCUT2D eigenvalue weighted by molar-refractivity contribution is 0.706. The fourth-order valence-corrected chi connectivity index (χ4v) is 3.39. The van der Waals surface area contributed by atoms with Crippen LogP contribution in [0.3, 0.4) is 0 Å². The van der Waals surface area contributed by atoms with E-state index >= 15 is 0 Å². The highest BCUT2D eigenvalue weighted by atomic mass is 35.5. The molecule has 0 aliphatic rings. The van der Waals surface area contributed by atoms with Gasteiger partial charge in [0.15, 0.2) is 0 Å². The fraction of sp³-hybridized carbons (Fsp3) is 0.200. The topological polar surface area (TPSA) is 12.0 Å². The van der Waals surface area contributed by atoms with Crippen molar-refractivity contribution < 1.29 is 0 Å². The summed E-state index contributed by atoms with van der Waals surface area (Å²) in [5.41, 5.74) is 1.28. The fourth-order valence-electron chi connectivity index (χ4n) is 1.40. The summed E-state index contributed by atoms with van der Waals surface area (Å²) in [4.78, 5) is 1.19. The Labute approximate surface area is 96.4 Å². The number of nitrogens with one attached hydrogen (secondary N) is 1. The molecule has 4 heteroatoms. The van der Waals surface area contributed by atoms with Crippen molar-refractivity contribution in [2.75, 3.05) is 7.05 Å². The molecule has 2 aromatic heterocycles. The van der Waals surface area contributed by atoms with Gasteiger partial charge in [0.2, 0.25) is 0 Å². The van der Waals surface area contributed by atoms with Crippen LogP contribution in [0.2, 0.25) is 5.02 Å². The van der Waals surface area contributed by atoms with Crippen LogP contribution in [0.15, 0.2) is 28.3 Å². The number of halogens is 1. The normalized spacial score (nSPS) is 13.0. The molecule has 2 rings (SSSR count). The number of rotatable bonds is 3. The summed E-state index contributed by atoms with van der Waals surface area (Å²) in [6, 6.07) is 4.30. The summed E-state index contributed by atoms with van der Waals surface area (Å²) in [5, 5.41) is 10.4. The first-order valence-electron chi connectivity index (χ1n) is 4.25. The molecule has 0 amide bonds. The predicted molar refractivity (Wildman–Crippen MR) is 64.6 cm³/mol. The van der Waals surface area contributed by atoms with Crippen molar-refractivity contribution >= 4 is 34.3 Å². The Bertz CT molecular complexity index is 394. The quantitative estimate of drug-likeness (QED) is 0.866. The molecule has 74 valence electrons. The zero-order valence-electron chi connectivity index (χ0n) is 7.66. The van der Waals surface area contributed by atoms with Crippen molar-refractivity contribution in [1.29, 1.82) is 0 Å². The molecule has 0 saturated carbocycles. The molecule has 0 saturated heterocycles. The van der Waals surface area contributed by atoms with Crippen LogP contribution in [0.25, 0.3) is 0 Å². The molecule has 0 spiro atoms. The van der Waals surface area contributed by atoms with Crippen molar-refractivity contribution in [3.8, 4) is 0 Å². The van der Waals surface area contributed by atoms with Gasteiger partial charge in [-0.1, -0.05) is 11.6 Å². The Hall–Kier alpha value is -0.350. The molecule has 0 aromatic carbocycles. The standard InChI is InChI=1S/C10H10ClNS2/c1-12-9(7-2-4-13-6-7)10-8(11)3-5-14-10/h2-6,9,12H,1H3. The largest absolute Gasteiger partial charge is 0.309 e. The van der Waals surface area contributed by atoms with E-state index in [0.29, 0.717) is 0 Å². The van der Waals surface area contributed by atoms with Crippen LogP contribution in [0.5, 0.6) is 0 Å². The zero-order chi connectivity index (χ0) is 9.97. The van der Waals surface area contributed by atoms with E-state index in [1.807, 2.05) is 18.5 Å². The van der Waals surface area contributed by atoms with Gasteiger partial charge in [-0.2, -0.15) is 11.3 Å². The van der Waals surface area contributed by atoms with E-state index in [4.69, 9.17) is 11.6 Å². The molecular weight excluding hydrogens is 234 g/mol. The molecule has 0 aliphatic heterocycles. The molecule has 0 bridgehead atoms. The molecular formula is C10H10ClNS2. The second kappa shape index (κ2) is 4.45. The van der Waals surface area contributed by atoms with Crippen LogP contribution in [0.1, 0.15) is 16.5 Å². The lowest BCUT2D eigenvalue weighted by Crippen LogP contribution is -2.15. The minimum atomic E-state index is 0.230. The molecule has 1 nitrogen and oxygen atoms in total. The Morgan fingerprint density at radius 3 is 2.71 bits per heavy atom. The Kier molecular flexibility index (Phi) is 3.23. The predicted octanol–water partition coefficient (Wildman–Crippen LogP) is 3.77. The third-order valence-electron chi connectivity index (χ3n) is 2.07. The highest BCUT2D eigenvalue weighted by Crippen LogP contribution is 2.33. The Morgan fingerprint density at radius 1 is 1.36 bits per heavy atom. The summed E-state index contributed by atoms with van der Waals surface area (Å²) in [6.07, 6.45) is 0. The monoisotopic (exact) mass is 243 g/mol. The summed E-state index contributed by atoms with van der Waals surface area (Å²) < 4.78 is 0. The van der Waals surface area contributed by atoms with Crippen LogP contribution in [-0.4, -0.2) is 7.05 Å². The van der Waals surface area contributed by atoms with Gasteiger partial charge >= 0.3 is 0 Å². The van der Waals surface area contributed by atoms with E-state index in [-0.39, 0.29) is 6.04 Å². The summed E-state index contributed by atoms with van der Waals surface area (Å²) in [7, 11) is 1.96. The highest BCUT2D eigenvalue weighted by molar-refractivity contribution is 7.10. The smallest absolute Gasteiger partial charge is 0.0691 e. The maximum Gasteiger partial charge on any atom is 0.0691 e. The number of hydrogen-bond donors (Lipinski definition) is 1. The van der Waals surface area contributed by atoms with E-state index in [1.54, 1.807) is 22.7 Å². The minimum Gasteiger partial charge on any atom is -0.309 e. The van der Waals surface area contributed by atoms with Crippen LogP contribution < -0.4 is 5.32 Å². The van der Waals surface area contributed by atoms with Crippen LogP contribution in [-0.2, 0) is 0 Å². The van der Waals surface area contributed by atoms with Crippen molar-refractivity contribution in [2.24, 2.45) is 0 Å². The average Bonchev–Trinajstić information content (AvgIpc) is 2.80. The minimum absolute atomic E-state index is 0.230. The van der Waals surface area contributed by atoms with Gasteiger partial charge in [0.05, 0.1) is 11.1 Å². The summed E-state index contributed by atoms with van der Waals surface area (Å²) in [5.74, 6) is 0. The van der Waals surface area contributed by atoms with E-state index in [9.17, 15) is 0 Å². The molecule has 1 N–H and O–H groups in total. The van der Waals surface area contributed by atoms with E-state index in [1.165, 1.54) is 10.4 Å². The van der Waals surface area contributed by atoms with Crippen LogP contribution >= 0.6 is 34.3 Å². The van der Waals surface area contributed by atoms with E-state index in [2.05, 4.69) is 22.1 Å². The molecule has 0 fully saturated rings. The Balaban J connectivity index is 2.36. The summed E-state index contributed by atoms with van der Waals surface area (Å²) >= 11 is 9.50. The third kappa shape index (κ3) is 1.86. The summed E-state index contributed by atoms with van der Waals surface area (Å²) in [6.45, 7) is 0. The maximum atomic E-state index is 6.10.